The Kier molecular flexibility index (Phi) is 4.80. The smallest absolute Gasteiger partial charge is 0.249 e. The second-order valence-corrected chi connectivity index (χ2v) is 5.51. The van der Waals surface area contributed by atoms with Crippen molar-refractivity contribution in [2.75, 3.05) is 23.9 Å². The Morgan fingerprint density at radius 1 is 1.32 bits per heavy atom. The average molecular weight is 303 g/mol. The third-order valence-corrected chi connectivity index (χ3v) is 3.86. The number of rotatable bonds is 5. The first-order valence-corrected chi connectivity index (χ1v) is 7.36. The highest BCUT2D eigenvalue weighted by atomic mass is 16.2. The highest BCUT2D eigenvalue weighted by Gasteiger charge is 2.33. The van der Waals surface area contributed by atoms with E-state index in [4.69, 9.17) is 0 Å². The fourth-order valence-corrected chi connectivity index (χ4v) is 2.83. The fraction of sp³-hybridized carbons (Fsp3) is 0.438. The lowest BCUT2D eigenvalue weighted by atomic mass is 10.0. The van der Waals surface area contributed by atoms with Crippen LogP contribution in [0.3, 0.4) is 0 Å². The van der Waals surface area contributed by atoms with Gasteiger partial charge in [-0.25, -0.2) is 0 Å². The highest BCUT2D eigenvalue weighted by Crippen LogP contribution is 2.33. The SMILES string of the molecule is CCc1cccc(N(C=O)C2CCC(=O)NC2=O)c1N(C)C. The third kappa shape index (κ3) is 2.95. The molecular formula is C16H21N3O3. The number of carbonyl (C=O) groups excluding carboxylic acids is 3. The van der Waals surface area contributed by atoms with Gasteiger partial charge in [0.05, 0.1) is 11.4 Å². The molecule has 0 aromatic heterocycles. The van der Waals surface area contributed by atoms with Crippen LogP contribution in [0.5, 0.6) is 0 Å². The van der Waals surface area contributed by atoms with Gasteiger partial charge >= 0.3 is 0 Å². The van der Waals surface area contributed by atoms with Crippen LogP contribution < -0.4 is 15.1 Å². The van der Waals surface area contributed by atoms with Crippen molar-refractivity contribution < 1.29 is 14.4 Å². The summed E-state index contributed by atoms with van der Waals surface area (Å²) in [6.45, 7) is 2.04. The van der Waals surface area contributed by atoms with Gasteiger partial charge in [0.15, 0.2) is 0 Å². The van der Waals surface area contributed by atoms with Crippen molar-refractivity contribution in [2.45, 2.75) is 32.2 Å². The predicted octanol–water partition coefficient (Wildman–Crippen LogP) is 1.08. The number of hydrogen-bond acceptors (Lipinski definition) is 4. The van der Waals surface area contributed by atoms with E-state index < -0.39 is 11.9 Å². The molecule has 3 amide bonds. The van der Waals surface area contributed by atoms with Crippen LogP contribution in [-0.4, -0.2) is 38.4 Å². The lowest BCUT2D eigenvalue weighted by molar-refractivity contribution is -0.134. The van der Waals surface area contributed by atoms with Gasteiger partial charge in [0.2, 0.25) is 18.2 Å². The van der Waals surface area contributed by atoms with Crippen LogP contribution in [-0.2, 0) is 20.8 Å². The summed E-state index contributed by atoms with van der Waals surface area (Å²) in [6.07, 6.45) is 2.07. The van der Waals surface area contributed by atoms with Crippen LogP contribution in [0.4, 0.5) is 11.4 Å². The van der Waals surface area contributed by atoms with Crippen molar-refractivity contribution in [3.8, 4) is 0 Å². The summed E-state index contributed by atoms with van der Waals surface area (Å²) in [5.74, 6) is -0.711. The summed E-state index contributed by atoms with van der Waals surface area (Å²) in [4.78, 5) is 38.4. The van der Waals surface area contributed by atoms with Crippen LogP contribution in [0, 0.1) is 0 Å². The van der Waals surface area contributed by atoms with Crippen LogP contribution in [0.2, 0.25) is 0 Å². The van der Waals surface area contributed by atoms with Gasteiger partial charge in [0, 0.05) is 20.5 Å². The van der Waals surface area contributed by atoms with Crippen molar-refractivity contribution in [1.82, 2.24) is 5.32 Å². The van der Waals surface area contributed by atoms with Gasteiger partial charge in [-0.2, -0.15) is 0 Å². The number of para-hydroxylation sites is 1. The Morgan fingerprint density at radius 3 is 2.59 bits per heavy atom. The summed E-state index contributed by atoms with van der Waals surface area (Å²) in [5, 5.41) is 2.30. The van der Waals surface area contributed by atoms with E-state index in [2.05, 4.69) is 5.32 Å². The number of piperidine rings is 1. The molecule has 1 N–H and O–H groups in total. The Balaban J connectivity index is 2.45. The largest absolute Gasteiger partial charge is 0.376 e. The van der Waals surface area contributed by atoms with E-state index >= 15 is 0 Å². The molecule has 0 radical (unpaired) electrons. The van der Waals surface area contributed by atoms with E-state index in [0.29, 0.717) is 18.5 Å². The molecule has 0 saturated carbocycles. The van der Waals surface area contributed by atoms with Crippen molar-refractivity contribution in [1.29, 1.82) is 0 Å². The van der Waals surface area contributed by atoms with E-state index in [1.54, 1.807) is 0 Å². The predicted molar refractivity (Wildman–Crippen MR) is 84.9 cm³/mol. The second-order valence-electron chi connectivity index (χ2n) is 5.51. The number of hydrogen-bond donors (Lipinski definition) is 1. The molecule has 2 rings (SSSR count). The molecule has 1 heterocycles. The van der Waals surface area contributed by atoms with Gasteiger partial charge in [0.1, 0.15) is 6.04 Å². The number of aryl methyl sites for hydroxylation is 1. The maximum Gasteiger partial charge on any atom is 0.249 e. The van der Waals surface area contributed by atoms with E-state index in [-0.39, 0.29) is 12.3 Å². The minimum absolute atomic E-state index is 0.242. The first-order chi connectivity index (χ1) is 10.5. The summed E-state index contributed by atoms with van der Waals surface area (Å²) >= 11 is 0. The van der Waals surface area contributed by atoms with Crippen LogP contribution in [0.25, 0.3) is 0 Å². The number of nitrogens with zero attached hydrogens (tertiary/aromatic N) is 2. The number of nitrogens with one attached hydrogen (secondary N) is 1. The van der Waals surface area contributed by atoms with Crippen LogP contribution >= 0.6 is 0 Å². The summed E-state index contributed by atoms with van der Waals surface area (Å²) in [7, 11) is 3.82. The molecule has 1 aliphatic rings. The minimum atomic E-state index is -0.652. The van der Waals surface area contributed by atoms with Crippen LogP contribution in [0.1, 0.15) is 25.3 Å². The molecule has 0 bridgehead atoms. The molecule has 6 nitrogen and oxygen atoms in total. The highest BCUT2D eigenvalue weighted by molar-refractivity contribution is 6.04. The molecule has 0 aliphatic carbocycles. The van der Waals surface area contributed by atoms with Gasteiger partial charge in [-0.05, 0) is 24.5 Å². The average Bonchev–Trinajstić information content (AvgIpc) is 2.49. The van der Waals surface area contributed by atoms with Crippen molar-refractivity contribution >= 4 is 29.6 Å². The molecule has 1 aromatic carbocycles. The summed E-state index contributed by atoms with van der Waals surface area (Å²) in [6, 6.07) is 5.06. The van der Waals surface area contributed by atoms with E-state index in [0.717, 1.165) is 17.7 Å². The van der Waals surface area contributed by atoms with Gasteiger partial charge in [0.25, 0.3) is 0 Å². The van der Waals surface area contributed by atoms with Crippen molar-refractivity contribution in [3.63, 3.8) is 0 Å². The lowest BCUT2D eigenvalue weighted by Crippen LogP contribution is -2.52. The number of imide groups is 1. The van der Waals surface area contributed by atoms with E-state index in [9.17, 15) is 14.4 Å². The number of anilines is 2. The molecule has 1 unspecified atom stereocenters. The topological polar surface area (TPSA) is 69.7 Å². The second kappa shape index (κ2) is 6.60. The van der Waals surface area contributed by atoms with Crippen molar-refractivity contribution in [2.24, 2.45) is 0 Å². The zero-order valence-electron chi connectivity index (χ0n) is 13.1. The number of amides is 3. The Labute approximate surface area is 130 Å². The monoisotopic (exact) mass is 303 g/mol. The Bertz CT molecular complexity index is 598. The molecule has 0 spiro atoms. The molecule has 1 aromatic rings. The Hall–Kier alpha value is -2.37. The molecule has 22 heavy (non-hydrogen) atoms. The van der Waals surface area contributed by atoms with Gasteiger partial charge < -0.3 is 9.80 Å². The van der Waals surface area contributed by atoms with Crippen LogP contribution in [0.15, 0.2) is 18.2 Å². The number of benzene rings is 1. The minimum Gasteiger partial charge on any atom is -0.376 e. The maximum atomic E-state index is 12.1. The van der Waals surface area contributed by atoms with Gasteiger partial charge in [-0.1, -0.05) is 19.1 Å². The van der Waals surface area contributed by atoms with Crippen molar-refractivity contribution in [3.05, 3.63) is 23.8 Å². The maximum absolute atomic E-state index is 12.1. The normalized spacial score (nSPS) is 17.9. The fourth-order valence-electron chi connectivity index (χ4n) is 2.83. The van der Waals surface area contributed by atoms with Gasteiger partial charge in [-0.3, -0.25) is 19.7 Å². The molecule has 6 heteroatoms. The zero-order chi connectivity index (χ0) is 16.3. The number of carbonyl (C=O) groups is 3. The molecule has 1 saturated heterocycles. The zero-order valence-corrected chi connectivity index (χ0v) is 13.1. The van der Waals surface area contributed by atoms with E-state index in [1.165, 1.54) is 4.90 Å². The summed E-state index contributed by atoms with van der Waals surface area (Å²) in [5.41, 5.74) is 2.71. The van der Waals surface area contributed by atoms with Gasteiger partial charge in [-0.15, -0.1) is 0 Å². The quantitative estimate of drug-likeness (QED) is 0.653. The first kappa shape index (κ1) is 16.0. The lowest BCUT2D eigenvalue weighted by Gasteiger charge is -2.33. The molecule has 1 aliphatic heterocycles. The Morgan fingerprint density at radius 2 is 2.05 bits per heavy atom. The molecule has 1 atom stereocenters. The summed E-state index contributed by atoms with van der Waals surface area (Å²) < 4.78 is 0. The standard InChI is InChI=1S/C16H21N3O3/c1-4-11-6-5-7-12(15(11)18(2)3)19(10-20)13-8-9-14(21)17-16(13)22/h5-7,10,13H,4,8-9H2,1-3H3,(H,17,21,22). The molecule has 118 valence electrons. The van der Waals surface area contributed by atoms with E-state index in [1.807, 2.05) is 44.1 Å². The third-order valence-electron chi connectivity index (χ3n) is 3.86. The molecule has 1 fully saturated rings. The molecular weight excluding hydrogens is 282 g/mol. The first-order valence-electron chi connectivity index (χ1n) is 7.36.